The molecular formula is C24H28N4O2. The van der Waals surface area contributed by atoms with Crippen LogP contribution in [0.4, 0.5) is 11.5 Å². The number of ether oxygens (including phenoxy) is 1. The Kier molecular flexibility index (Phi) is 7.38. The second-order valence-electron chi connectivity index (χ2n) is 6.97. The van der Waals surface area contributed by atoms with Gasteiger partial charge in [-0.15, -0.1) is 0 Å². The number of nitrogens with zero attached hydrogens (tertiary/aromatic N) is 3. The first kappa shape index (κ1) is 21.3. The van der Waals surface area contributed by atoms with E-state index in [9.17, 15) is 4.79 Å². The Morgan fingerprint density at radius 1 is 1.03 bits per heavy atom. The fraction of sp³-hybridized carbons (Fsp3) is 0.292. The summed E-state index contributed by atoms with van der Waals surface area (Å²) in [7, 11) is 1.62. The van der Waals surface area contributed by atoms with E-state index < -0.39 is 0 Å². The van der Waals surface area contributed by atoms with Crippen molar-refractivity contribution >= 4 is 17.4 Å². The number of benzene rings is 2. The van der Waals surface area contributed by atoms with Gasteiger partial charge in [0.15, 0.2) is 5.82 Å². The largest absolute Gasteiger partial charge is 0.497 e. The van der Waals surface area contributed by atoms with Crippen LogP contribution in [-0.4, -0.2) is 41.0 Å². The van der Waals surface area contributed by atoms with E-state index in [0.29, 0.717) is 30.3 Å². The standard InChI is InChI=1S/C24H28N4O2/c1-4-14-28(15-5-2)24(29)21-17-25-22(18-10-7-6-8-11-18)27-23(21)26-19-12-9-13-20(16-19)30-3/h6-13,16-17H,4-5,14-15H2,1-3H3,(H,25,26,27). The molecule has 0 atom stereocenters. The molecule has 6 heteroatoms. The zero-order valence-electron chi connectivity index (χ0n) is 17.8. The van der Waals surface area contributed by atoms with Crippen molar-refractivity contribution in [1.29, 1.82) is 0 Å². The second kappa shape index (κ2) is 10.4. The van der Waals surface area contributed by atoms with Crippen LogP contribution in [0.25, 0.3) is 11.4 Å². The highest BCUT2D eigenvalue weighted by Crippen LogP contribution is 2.26. The van der Waals surface area contributed by atoms with Crippen molar-refractivity contribution in [2.45, 2.75) is 26.7 Å². The first-order chi connectivity index (χ1) is 14.7. The summed E-state index contributed by atoms with van der Waals surface area (Å²) in [6.45, 7) is 5.54. The highest BCUT2D eigenvalue weighted by molar-refractivity contribution is 5.99. The smallest absolute Gasteiger partial charge is 0.259 e. The molecule has 0 bridgehead atoms. The molecule has 1 heterocycles. The molecule has 1 amide bonds. The SMILES string of the molecule is CCCN(CCC)C(=O)c1cnc(-c2ccccc2)nc1Nc1cccc(OC)c1. The molecule has 0 radical (unpaired) electrons. The van der Waals surface area contributed by atoms with Gasteiger partial charge in [0.2, 0.25) is 0 Å². The number of carbonyl (C=O) groups is 1. The number of nitrogens with one attached hydrogen (secondary N) is 1. The molecule has 0 fully saturated rings. The fourth-order valence-electron chi connectivity index (χ4n) is 3.22. The minimum Gasteiger partial charge on any atom is -0.497 e. The van der Waals surface area contributed by atoms with E-state index in [1.165, 1.54) is 0 Å². The van der Waals surface area contributed by atoms with Gasteiger partial charge in [0.25, 0.3) is 5.91 Å². The second-order valence-corrected chi connectivity index (χ2v) is 6.97. The van der Waals surface area contributed by atoms with E-state index in [4.69, 9.17) is 9.72 Å². The number of hydrogen-bond donors (Lipinski definition) is 1. The molecule has 2 aromatic carbocycles. The normalized spacial score (nSPS) is 10.5. The van der Waals surface area contributed by atoms with Gasteiger partial charge < -0.3 is 15.0 Å². The Bertz CT molecular complexity index is 970. The third kappa shape index (κ3) is 5.14. The minimum atomic E-state index is -0.0660. The summed E-state index contributed by atoms with van der Waals surface area (Å²) in [6.07, 6.45) is 3.42. The van der Waals surface area contributed by atoms with Crippen molar-refractivity contribution in [3.05, 3.63) is 66.4 Å². The van der Waals surface area contributed by atoms with Crippen LogP contribution in [0, 0.1) is 0 Å². The first-order valence-corrected chi connectivity index (χ1v) is 10.3. The number of aromatic nitrogens is 2. The molecular weight excluding hydrogens is 376 g/mol. The van der Waals surface area contributed by atoms with Gasteiger partial charge in [0, 0.05) is 36.6 Å². The Labute approximate surface area is 177 Å². The maximum Gasteiger partial charge on any atom is 0.259 e. The number of hydrogen-bond acceptors (Lipinski definition) is 5. The van der Waals surface area contributed by atoms with E-state index in [1.54, 1.807) is 13.3 Å². The van der Waals surface area contributed by atoms with Gasteiger partial charge in [-0.25, -0.2) is 9.97 Å². The van der Waals surface area contributed by atoms with Crippen LogP contribution in [0.3, 0.4) is 0 Å². The topological polar surface area (TPSA) is 67.4 Å². The van der Waals surface area contributed by atoms with Gasteiger partial charge in [-0.1, -0.05) is 50.2 Å². The molecule has 0 aliphatic rings. The Morgan fingerprint density at radius 3 is 2.43 bits per heavy atom. The highest BCUT2D eigenvalue weighted by atomic mass is 16.5. The Balaban J connectivity index is 2.03. The van der Waals surface area contributed by atoms with Crippen LogP contribution in [0.15, 0.2) is 60.8 Å². The van der Waals surface area contributed by atoms with Crippen LogP contribution in [0.1, 0.15) is 37.0 Å². The van der Waals surface area contributed by atoms with Gasteiger partial charge in [-0.3, -0.25) is 4.79 Å². The van der Waals surface area contributed by atoms with Gasteiger partial charge >= 0.3 is 0 Å². The maximum absolute atomic E-state index is 13.3. The molecule has 0 saturated heterocycles. The minimum absolute atomic E-state index is 0.0660. The molecule has 30 heavy (non-hydrogen) atoms. The molecule has 0 unspecified atom stereocenters. The van der Waals surface area contributed by atoms with Crippen molar-refractivity contribution in [3.8, 4) is 17.1 Å². The number of rotatable bonds is 9. The predicted octanol–water partition coefficient (Wildman–Crippen LogP) is 5.16. The van der Waals surface area contributed by atoms with E-state index in [2.05, 4.69) is 24.1 Å². The summed E-state index contributed by atoms with van der Waals surface area (Å²) in [4.78, 5) is 24.3. The number of carbonyl (C=O) groups excluding carboxylic acids is 1. The van der Waals surface area contributed by atoms with Gasteiger partial charge in [0.05, 0.1) is 7.11 Å². The molecule has 0 aliphatic carbocycles. The molecule has 156 valence electrons. The lowest BCUT2D eigenvalue weighted by Crippen LogP contribution is -2.33. The van der Waals surface area contributed by atoms with Crippen molar-refractivity contribution < 1.29 is 9.53 Å². The lowest BCUT2D eigenvalue weighted by Gasteiger charge is -2.23. The van der Waals surface area contributed by atoms with Gasteiger partial charge in [-0.05, 0) is 25.0 Å². The lowest BCUT2D eigenvalue weighted by atomic mass is 10.2. The lowest BCUT2D eigenvalue weighted by molar-refractivity contribution is 0.0756. The zero-order chi connectivity index (χ0) is 21.3. The summed E-state index contributed by atoms with van der Waals surface area (Å²) in [5.41, 5.74) is 2.14. The van der Waals surface area contributed by atoms with Crippen LogP contribution < -0.4 is 10.1 Å². The van der Waals surface area contributed by atoms with Crippen LogP contribution >= 0.6 is 0 Å². The monoisotopic (exact) mass is 404 g/mol. The van der Waals surface area contributed by atoms with Crippen molar-refractivity contribution in [2.24, 2.45) is 0 Å². The Morgan fingerprint density at radius 2 is 1.77 bits per heavy atom. The molecule has 0 aliphatic heterocycles. The number of amides is 1. The van der Waals surface area contributed by atoms with Crippen LogP contribution in [0.2, 0.25) is 0 Å². The summed E-state index contributed by atoms with van der Waals surface area (Å²) in [5, 5.41) is 3.30. The molecule has 0 spiro atoms. The average Bonchev–Trinajstić information content (AvgIpc) is 2.79. The van der Waals surface area contributed by atoms with Crippen molar-refractivity contribution in [2.75, 3.05) is 25.5 Å². The van der Waals surface area contributed by atoms with Gasteiger partial charge in [0.1, 0.15) is 17.1 Å². The maximum atomic E-state index is 13.3. The van der Waals surface area contributed by atoms with E-state index in [1.807, 2.05) is 59.5 Å². The van der Waals surface area contributed by atoms with E-state index in [-0.39, 0.29) is 5.91 Å². The van der Waals surface area contributed by atoms with E-state index in [0.717, 1.165) is 29.8 Å². The van der Waals surface area contributed by atoms with Crippen LogP contribution in [-0.2, 0) is 0 Å². The third-order valence-corrected chi connectivity index (χ3v) is 4.66. The zero-order valence-corrected chi connectivity index (χ0v) is 17.8. The number of methoxy groups -OCH3 is 1. The number of anilines is 2. The first-order valence-electron chi connectivity index (χ1n) is 10.3. The fourth-order valence-corrected chi connectivity index (χ4v) is 3.22. The van der Waals surface area contributed by atoms with Crippen molar-refractivity contribution in [1.82, 2.24) is 14.9 Å². The van der Waals surface area contributed by atoms with Crippen LogP contribution in [0.5, 0.6) is 5.75 Å². The third-order valence-electron chi connectivity index (χ3n) is 4.66. The highest BCUT2D eigenvalue weighted by Gasteiger charge is 2.21. The molecule has 3 rings (SSSR count). The van der Waals surface area contributed by atoms with Gasteiger partial charge in [-0.2, -0.15) is 0 Å². The van der Waals surface area contributed by atoms with E-state index >= 15 is 0 Å². The average molecular weight is 405 g/mol. The summed E-state index contributed by atoms with van der Waals surface area (Å²) < 4.78 is 5.32. The summed E-state index contributed by atoms with van der Waals surface area (Å²) in [6, 6.07) is 17.3. The molecule has 3 aromatic rings. The quantitative estimate of drug-likeness (QED) is 0.534. The summed E-state index contributed by atoms with van der Waals surface area (Å²) in [5.74, 6) is 1.71. The summed E-state index contributed by atoms with van der Waals surface area (Å²) >= 11 is 0. The molecule has 0 saturated carbocycles. The predicted molar refractivity (Wildman–Crippen MR) is 120 cm³/mol. The molecule has 1 N–H and O–H groups in total. The van der Waals surface area contributed by atoms with Crippen molar-refractivity contribution in [3.63, 3.8) is 0 Å². The molecule has 6 nitrogen and oxygen atoms in total. The Hall–Kier alpha value is -3.41. The molecule has 1 aromatic heterocycles.